The first-order valence-electron chi connectivity index (χ1n) is 5.83. The fourth-order valence-corrected chi connectivity index (χ4v) is 3.52. The van der Waals surface area contributed by atoms with E-state index >= 15 is 0 Å². The molecule has 1 fully saturated rings. The van der Waals surface area contributed by atoms with Crippen LogP contribution in [-0.2, 0) is 19.5 Å². The first-order chi connectivity index (χ1) is 9.40. The molecule has 1 aliphatic heterocycles. The molecule has 0 amide bonds. The Morgan fingerprint density at radius 3 is 2.85 bits per heavy atom. The van der Waals surface area contributed by atoms with E-state index in [2.05, 4.69) is 20.7 Å². The second-order valence-electron chi connectivity index (χ2n) is 4.23. The van der Waals surface area contributed by atoms with Crippen LogP contribution in [0.25, 0.3) is 0 Å². The molecule has 1 saturated heterocycles. The van der Waals surface area contributed by atoms with E-state index in [9.17, 15) is 12.8 Å². The normalized spacial score (nSPS) is 20.0. The maximum Gasteiger partial charge on any atom is 0.243 e. The molecule has 20 heavy (non-hydrogen) atoms. The van der Waals surface area contributed by atoms with Gasteiger partial charge < -0.3 is 15.2 Å². The molecular weight excluding hydrogens is 355 g/mol. The van der Waals surface area contributed by atoms with Gasteiger partial charge in [-0.15, -0.1) is 0 Å². The van der Waals surface area contributed by atoms with Crippen LogP contribution in [0, 0.1) is 5.82 Å². The summed E-state index contributed by atoms with van der Waals surface area (Å²) in [4.78, 5) is -0.499. The first-order valence-corrected chi connectivity index (χ1v) is 8.11. The summed E-state index contributed by atoms with van der Waals surface area (Å²) in [5.74, 6) is -0.882. The Hall–Kier alpha value is -0.740. The van der Waals surface area contributed by atoms with Crippen LogP contribution in [0.1, 0.15) is 0 Å². The highest BCUT2D eigenvalue weighted by atomic mass is 79.9. The van der Waals surface area contributed by atoms with Crippen LogP contribution in [0.3, 0.4) is 0 Å². The van der Waals surface area contributed by atoms with Gasteiger partial charge in [-0.05, 0) is 28.1 Å². The van der Waals surface area contributed by atoms with Gasteiger partial charge in [0.05, 0.1) is 30.4 Å². The third-order valence-corrected chi connectivity index (χ3v) is 4.69. The molecule has 1 heterocycles. The van der Waals surface area contributed by atoms with Crippen molar-refractivity contribution in [3.63, 3.8) is 0 Å². The lowest BCUT2D eigenvalue weighted by Crippen LogP contribution is -2.39. The van der Waals surface area contributed by atoms with Crippen LogP contribution in [0.5, 0.6) is 0 Å². The summed E-state index contributed by atoms with van der Waals surface area (Å²) in [6.45, 7) is 1.20. The summed E-state index contributed by atoms with van der Waals surface area (Å²) in [5, 5.41) is 0. The van der Waals surface area contributed by atoms with Gasteiger partial charge in [-0.1, -0.05) is 0 Å². The Kier molecular flexibility index (Phi) is 4.97. The Morgan fingerprint density at radius 1 is 1.45 bits per heavy atom. The molecule has 1 aromatic rings. The van der Waals surface area contributed by atoms with Gasteiger partial charge in [-0.3, -0.25) is 0 Å². The van der Waals surface area contributed by atoms with E-state index in [-0.39, 0.29) is 22.8 Å². The van der Waals surface area contributed by atoms with Crippen molar-refractivity contribution in [1.82, 2.24) is 4.72 Å². The van der Waals surface area contributed by atoms with Crippen LogP contribution in [0.4, 0.5) is 10.1 Å². The molecule has 1 unspecified atom stereocenters. The quantitative estimate of drug-likeness (QED) is 0.769. The lowest BCUT2D eigenvalue weighted by Gasteiger charge is -2.23. The number of nitrogen functional groups attached to an aromatic ring is 1. The average molecular weight is 369 g/mol. The number of sulfonamides is 1. The molecule has 1 atom stereocenters. The molecule has 0 saturated carbocycles. The Bertz CT molecular complexity index is 590. The average Bonchev–Trinajstić information content (AvgIpc) is 2.42. The maximum atomic E-state index is 13.9. The van der Waals surface area contributed by atoms with Gasteiger partial charge >= 0.3 is 0 Å². The monoisotopic (exact) mass is 368 g/mol. The number of rotatable bonds is 4. The summed E-state index contributed by atoms with van der Waals surface area (Å²) in [6, 6.07) is 2.37. The molecule has 112 valence electrons. The van der Waals surface area contributed by atoms with Crippen molar-refractivity contribution in [3.8, 4) is 0 Å². The number of hydrogen-bond donors (Lipinski definition) is 2. The van der Waals surface area contributed by atoms with Crippen LogP contribution < -0.4 is 10.5 Å². The largest absolute Gasteiger partial charge is 0.399 e. The first kappa shape index (κ1) is 15.6. The van der Waals surface area contributed by atoms with Crippen molar-refractivity contribution in [2.24, 2.45) is 0 Å². The van der Waals surface area contributed by atoms with Gasteiger partial charge in [0.2, 0.25) is 10.0 Å². The molecule has 0 aliphatic carbocycles. The lowest BCUT2D eigenvalue weighted by atomic mass is 10.3. The lowest BCUT2D eigenvalue weighted by molar-refractivity contribution is -0.0847. The summed E-state index contributed by atoms with van der Waals surface area (Å²) >= 11 is 2.93. The van der Waals surface area contributed by atoms with Gasteiger partial charge in [0.15, 0.2) is 5.82 Å². The Balaban J connectivity index is 2.14. The molecular formula is C11H14BrFN2O4S. The highest BCUT2D eigenvalue weighted by Gasteiger charge is 2.24. The number of ether oxygens (including phenoxy) is 2. The van der Waals surface area contributed by atoms with Gasteiger partial charge in [-0.2, -0.15) is 0 Å². The second-order valence-corrected chi connectivity index (χ2v) is 6.82. The third kappa shape index (κ3) is 3.67. The summed E-state index contributed by atoms with van der Waals surface area (Å²) < 4.78 is 50.8. The van der Waals surface area contributed by atoms with E-state index in [0.717, 1.165) is 6.07 Å². The standard InChI is InChI=1S/C11H14BrFN2O4S/c12-9-3-7(14)4-10(11(9)13)20(16,17)15-5-8-6-18-1-2-19-8/h3-4,8,15H,1-2,5-6,14H2. The van der Waals surface area contributed by atoms with E-state index in [4.69, 9.17) is 15.2 Å². The topological polar surface area (TPSA) is 90.7 Å². The second kappa shape index (κ2) is 6.35. The molecule has 2 rings (SSSR count). The van der Waals surface area contributed by atoms with Gasteiger partial charge in [-0.25, -0.2) is 17.5 Å². The van der Waals surface area contributed by atoms with E-state index in [0.29, 0.717) is 19.8 Å². The van der Waals surface area contributed by atoms with Crippen molar-refractivity contribution < 1.29 is 22.3 Å². The number of benzene rings is 1. The van der Waals surface area contributed by atoms with Crippen molar-refractivity contribution in [3.05, 3.63) is 22.4 Å². The van der Waals surface area contributed by atoms with Crippen molar-refractivity contribution in [2.75, 3.05) is 32.1 Å². The van der Waals surface area contributed by atoms with E-state index in [1.54, 1.807) is 0 Å². The van der Waals surface area contributed by atoms with E-state index in [1.807, 2.05) is 0 Å². The summed E-state index contributed by atoms with van der Waals surface area (Å²) in [7, 11) is -4.01. The van der Waals surface area contributed by atoms with Gasteiger partial charge in [0.25, 0.3) is 0 Å². The smallest absolute Gasteiger partial charge is 0.243 e. The minimum absolute atomic E-state index is 0.00451. The predicted octanol–water partition coefficient (Wildman–Crippen LogP) is 0.864. The molecule has 0 aromatic heterocycles. The highest BCUT2D eigenvalue weighted by molar-refractivity contribution is 9.10. The summed E-state index contributed by atoms with van der Waals surface area (Å²) in [6.07, 6.45) is -0.383. The Labute approximate surface area is 124 Å². The summed E-state index contributed by atoms with van der Waals surface area (Å²) in [5.41, 5.74) is 5.68. The van der Waals surface area contributed by atoms with Crippen LogP contribution in [0.15, 0.2) is 21.5 Å². The fourth-order valence-electron chi connectivity index (χ4n) is 1.71. The number of anilines is 1. The molecule has 6 nitrogen and oxygen atoms in total. The van der Waals surface area contributed by atoms with Crippen LogP contribution >= 0.6 is 15.9 Å². The zero-order valence-electron chi connectivity index (χ0n) is 10.4. The van der Waals surface area contributed by atoms with Crippen LogP contribution in [0.2, 0.25) is 0 Å². The maximum absolute atomic E-state index is 13.9. The Morgan fingerprint density at radius 2 is 2.20 bits per heavy atom. The van der Waals surface area contributed by atoms with E-state index < -0.39 is 20.7 Å². The van der Waals surface area contributed by atoms with Gasteiger partial charge in [0.1, 0.15) is 4.90 Å². The molecule has 9 heteroatoms. The zero-order valence-corrected chi connectivity index (χ0v) is 12.8. The molecule has 1 aromatic carbocycles. The number of halogens is 2. The predicted molar refractivity (Wildman–Crippen MR) is 74.3 cm³/mol. The highest BCUT2D eigenvalue weighted by Crippen LogP contribution is 2.26. The fraction of sp³-hybridized carbons (Fsp3) is 0.455. The van der Waals surface area contributed by atoms with Crippen molar-refractivity contribution in [2.45, 2.75) is 11.0 Å². The van der Waals surface area contributed by atoms with Crippen molar-refractivity contribution in [1.29, 1.82) is 0 Å². The molecule has 0 bridgehead atoms. The van der Waals surface area contributed by atoms with Crippen molar-refractivity contribution >= 4 is 31.6 Å². The molecule has 1 aliphatic rings. The van der Waals surface area contributed by atoms with Crippen LogP contribution in [-0.4, -0.2) is 40.9 Å². The molecule has 0 radical (unpaired) electrons. The molecule has 0 spiro atoms. The van der Waals surface area contributed by atoms with Gasteiger partial charge in [0, 0.05) is 12.2 Å². The third-order valence-electron chi connectivity index (χ3n) is 2.69. The number of hydrogen-bond acceptors (Lipinski definition) is 5. The number of nitrogens with two attached hydrogens (primary N) is 1. The number of nitrogens with one attached hydrogen (secondary N) is 1. The molecule has 3 N–H and O–H groups in total. The SMILES string of the molecule is Nc1cc(Br)c(F)c(S(=O)(=O)NCC2COCCO2)c1. The zero-order chi connectivity index (χ0) is 14.8. The minimum Gasteiger partial charge on any atom is -0.399 e. The van der Waals surface area contributed by atoms with E-state index in [1.165, 1.54) is 6.07 Å². The minimum atomic E-state index is -4.01.